The van der Waals surface area contributed by atoms with E-state index in [9.17, 15) is 13.2 Å². The smallest absolute Gasteiger partial charge is 0.255 e. The fourth-order valence-corrected chi connectivity index (χ4v) is 5.28. The second-order valence-corrected chi connectivity index (χ2v) is 8.56. The van der Waals surface area contributed by atoms with Crippen LogP contribution in [0.4, 0.5) is 0 Å². The minimum Gasteiger partial charge on any atom is -0.380 e. The number of aryl methyl sites for hydroxylation is 1. The molecule has 22 heavy (non-hydrogen) atoms. The second kappa shape index (κ2) is 5.83. The SMILES string of the molecule is Cc1ccc(C(=O)N2CCS(=O)(=O)[C@H]3COCC[C@H]32)c(Cl)c1. The van der Waals surface area contributed by atoms with Crippen LogP contribution in [0.2, 0.25) is 5.02 Å². The van der Waals surface area contributed by atoms with Crippen LogP contribution >= 0.6 is 11.6 Å². The first-order chi connectivity index (χ1) is 10.4. The van der Waals surface area contributed by atoms with Crippen LogP contribution in [0.3, 0.4) is 0 Å². The Kier molecular flexibility index (Phi) is 4.18. The van der Waals surface area contributed by atoms with Gasteiger partial charge in [-0.05, 0) is 31.0 Å². The van der Waals surface area contributed by atoms with Gasteiger partial charge in [0.2, 0.25) is 0 Å². The van der Waals surface area contributed by atoms with Crippen molar-refractivity contribution in [2.24, 2.45) is 0 Å². The lowest BCUT2D eigenvalue weighted by molar-refractivity contribution is 0.0294. The highest BCUT2D eigenvalue weighted by Gasteiger charge is 2.45. The molecular formula is C15H18ClNO4S. The summed E-state index contributed by atoms with van der Waals surface area (Å²) < 4.78 is 29.7. The van der Waals surface area contributed by atoms with E-state index >= 15 is 0 Å². The first kappa shape index (κ1) is 15.8. The number of benzene rings is 1. The van der Waals surface area contributed by atoms with E-state index in [2.05, 4.69) is 0 Å². The number of amides is 1. The summed E-state index contributed by atoms with van der Waals surface area (Å²) in [5.41, 5.74) is 1.41. The molecule has 0 radical (unpaired) electrons. The summed E-state index contributed by atoms with van der Waals surface area (Å²) in [6, 6.07) is 4.97. The molecule has 3 rings (SSSR count). The highest BCUT2D eigenvalue weighted by Crippen LogP contribution is 2.29. The fourth-order valence-electron chi connectivity index (χ4n) is 3.14. The largest absolute Gasteiger partial charge is 0.380 e. The highest BCUT2D eigenvalue weighted by atomic mass is 35.5. The molecule has 2 aliphatic rings. The summed E-state index contributed by atoms with van der Waals surface area (Å²) in [5, 5.41) is -0.217. The van der Waals surface area contributed by atoms with Gasteiger partial charge in [-0.1, -0.05) is 17.7 Å². The summed E-state index contributed by atoms with van der Waals surface area (Å²) in [6.07, 6.45) is 0.541. The molecule has 2 fully saturated rings. The molecule has 0 N–H and O–H groups in total. The minimum absolute atomic E-state index is 0.0211. The predicted octanol–water partition coefficient (Wildman–Crippen LogP) is 1.68. The van der Waals surface area contributed by atoms with E-state index in [4.69, 9.17) is 16.3 Å². The van der Waals surface area contributed by atoms with Gasteiger partial charge >= 0.3 is 0 Å². The number of carbonyl (C=O) groups excluding carboxylic acids is 1. The van der Waals surface area contributed by atoms with E-state index < -0.39 is 15.1 Å². The third-order valence-electron chi connectivity index (χ3n) is 4.36. The molecule has 0 unspecified atom stereocenters. The van der Waals surface area contributed by atoms with Crippen molar-refractivity contribution in [3.05, 3.63) is 34.3 Å². The number of rotatable bonds is 1. The number of hydrogen-bond donors (Lipinski definition) is 0. The van der Waals surface area contributed by atoms with Crippen LogP contribution in [0.1, 0.15) is 22.3 Å². The van der Waals surface area contributed by atoms with E-state index in [0.29, 0.717) is 23.6 Å². The van der Waals surface area contributed by atoms with Crippen molar-refractivity contribution >= 4 is 27.3 Å². The van der Waals surface area contributed by atoms with Gasteiger partial charge in [0.1, 0.15) is 5.25 Å². The minimum atomic E-state index is -3.20. The van der Waals surface area contributed by atoms with Crippen molar-refractivity contribution in [3.8, 4) is 0 Å². The lowest BCUT2D eigenvalue weighted by Gasteiger charge is -2.43. The third kappa shape index (κ3) is 2.75. The summed E-state index contributed by atoms with van der Waals surface area (Å²) >= 11 is 6.18. The van der Waals surface area contributed by atoms with Gasteiger partial charge in [0.05, 0.1) is 29.0 Å². The molecular weight excluding hydrogens is 326 g/mol. The summed E-state index contributed by atoms with van der Waals surface area (Å²) in [4.78, 5) is 14.5. The molecule has 120 valence electrons. The fraction of sp³-hybridized carbons (Fsp3) is 0.533. The van der Waals surface area contributed by atoms with Crippen LogP contribution in [-0.4, -0.2) is 56.0 Å². The number of sulfone groups is 1. The molecule has 0 aromatic heterocycles. The van der Waals surface area contributed by atoms with E-state index in [-0.39, 0.29) is 30.9 Å². The predicted molar refractivity (Wildman–Crippen MR) is 84.0 cm³/mol. The zero-order valence-electron chi connectivity index (χ0n) is 12.3. The average molecular weight is 344 g/mol. The van der Waals surface area contributed by atoms with E-state index in [0.717, 1.165) is 5.56 Å². The first-order valence-corrected chi connectivity index (χ1v) is 9.36. The van der Waals surface area contributed by atoms with Crippen molar-refractivity contribution < 1.29 is 17.9 Å². The molecule has 0 bridgehead atoms. The molecule has 2 atom stereocenters. The summed E-state index contributed by atoms with van der Waals surface area (Å²) in [6.45, 7) is 2.76. The van der Waals surface area contributed by atoms with Gasteiger partial charge in [-0.25, -0.2) is 8.42 Å². The summed E-state index contributed by atoms with van der Waals surface area (Å²) in [5.74, 6) is -0.218. The Hall–Kier alpha value is -1.11. The molecule has 5 nitrogen and oxygen atoms in total. The Morgan fingerprint density at radius 1 is 1.41 bits per heavy atom. The highest BCUT2D eigenvalue weighted by molar-refractivity contribution is 7.92. The van der Waals surface area contributed by atoms with Gasteiger partial charge in [-0.2, -0.15) is 0 Å². The molecule has 0 aliphatic carbocycles. The van der Waals surface area contributed by atoms with Crippen LogP contribution in [-0.2, 0) is 14.6 Å². The van der Waals surface area contributed by atoms with Gasteiger partial charge in [-0.3, -0.25) is 4.79 Å². The average Bonchev–Trinajstić information content (AvgIpc) is 2.47. The van der Waals surface area contributed by atoms with Gasteiger partial charge in [0, 0.05) is 13.2 Å². The van der Waals surface area contributed by atoms with Crippen molar-refractivity contribution in [1.29, 1.82) is 0 Å². The molecule has 0 saturated carbocycles. The van der Waals surface area contributed by atoms with Crippen LogP contribution in [0.25, 0.3) is 0 Å². The monoisotopic (exact) mass is 343 g/mol. The normalized spacial score (nSPS) is 27.3. The van der Waals surface area contributed by atoms with Crippen LogP contribution in [0, 0.1) is 6.92 Å². The maximum absolute atomic E-state index is 12.8. The molecule has 7 heteroatoms. The van der Waals surface area contributed by atoms with Crippen LogP contribution in [0.15, 0.2) is 18.2 Å². The Morgan fingerprint density at radius 3 is 2.91 bits per heavy atom. The number of hydrogen-bond acceptors (Lipinski definition) is 4. The Morgan fingerprint density at radius 2 is 2.18 bits per heavy atom. The maximum atomic E-state index is 12.8. The van der Waals surface area contributed by atoms with Gasteiger partial charge in [-0.15, -0.1) is 0 Å². The molecule has 2 aliphatic heterocycles. The van der Waals surface area contributed by atoms with Crippen molar-refractivity contribution in [1.82, 2.24) is 4.90 Å². The van der Waals surface area contributed by atoms with Gasteiger partial charge < -0.3 is 9.64 Å². The first-order valence-electron chi connectivity index (χ1n) is 7.26. The molecule has 2 saturated heterocycles. The van der Waals surface area contributed by atoms with E-state index in [1.54, 1.807) is 17.0 Å². The molecule has 1 aromatic carbocycles. The van der Waals surface area contributed by atoms with Gasteiger partial charge in [0.15, 0.2) is 9.84 Å². The Labute approximate surface area is 135 Å². The molecule has 1 amide bonds. The Bertz CT molecular complexity index is 703. The third-order valence-corrected chi connectivity index (χ3v) is 6.80. The summed E-state index contributed by atoms with van der Waals surface area (Å²) in [7, 11) is -3.20. The molecule has 0 spiro atoms. The van der Waals surface area contributed by atoms with E-state index in [1.165, 1.54) is 0 Å². The number of ether oxygens (including phenoxy) is 1. The number of fused-ring (bicyclic) bond motifs is 1. The lowest BCUT2D eigenvalue weighted by atomic mass is 10.0. The second-order valence-electron chi connectivity index (χ2n) is 5.82. The van der Waals surface area contributed by atoms with Crippen molar-refractivity contribution in [2.75, 3.05) is 25.5 Å². The molecule has 2 heterocycles. The lowest BCUT2D eigenvalue weighted by Crippen LogP contribution is -2.60. The standard InChI is InChI=1S/C15H18ClNO4S/c1-10-2-3-11(12(16)8-10)15(18)17-5-7-22(19,20)14-9-21-6-4-13(14)17/h2-3,8,13-14H,4-7,9H2,1H3/t13-,14+/m1/s1. The molecule has 1 aromatic rings. The maximum Gasteiger partial charge on any atom is 0.255 e. The Balaban J connectivity index is 1.92. The number of halogens is 1. The van der Waals surface area contributed by atoms with E-state index in [1.807, 2.05) is 13.0 Å². The quantitative estimate of drug-likeness (QED) is 0.778. The topological polar surface area (TPSA) is 63.7 Å². The van der Waals surface area contributed by atoms with Crippen LogP contribution in [0.5, 0.6) is 0 Å². The van der Waals surface area contributed by atoms with Gasteiger partial charge in [0.25, 0.3) is 5.91 Å². The zero-order chi connectivity index (χ0) is 15.9. The van der Waals surface area contributed by atoms with Crippen LogP contribution < -0.4 is 0 Å². The number of carbonyl (C=O) groups is 1. The van der Waals surface area contributed by atoms with Crippen molar-refractivity contribution in [3.63, 3.8) is 0 Å². The zero-order valence-corrected chi connectivity index (χ0v) is 13.9. The van der Waals surface area contributed by atoms with Crippen molar-refractivity contribution in [2.45, 2.75) is 24.6 Å². The number of nitrogens with zero attached hydrogens (tertiary/aromatic N) is 1.